The smallest absolute Gasteiger partial charge is 0.242 e. The van der Waals surface area contributed by atoms with Crippen molar-refractivity contribution in [3.8, 4) is 5.75 Å². The van der Waals surface area contributed by atoms with E-state index in [0.717, 1.165) is 39.0 Å². The average Bonchev–Trinajstić information content (AvgIpc) is 3.19. The number of ether oxygens (including phenoxy) is 1. The molecule has 1 fully saturated rings. The molecule has 0 unspecified atom stereocenters. The molecule has 3 heterocycles. The van der Waals surface area contributed by atoms with Crippen molar-refractivity contribution in [3.63, 3.8) is 0 Å². The average molecular weight is 371 g/mol. The fourth-order valence-corrected chi connectivity index (χ4v) is 4.30. The van der Waals surface area contributed by atoms with Crippen LogP contribution in [-0.2, 0) is 18.4 Å². The Kier molecular flexibility index (Phi) is 4.28. The zero-order chi connectivity index (χ0) is 18.3. The molecule has 3 aromatic rings. The monoisotopic (exact) mass is 371 g/mol. The van der Waals surface area contributed by atoms with Crippen LogP contribution in [0.2, 0.25) is 0 Å². The number of rotatable bonds is 4. The van der Waals surface area contributed by atoms with Gasteiger partial charge in [-0.1, -0.05) is 23.5 Å². The van der Waals surface area contributed by atoms with Crippen molar-refractivity contribution in [2.24, 2.45) is 7.05 Å². The van der Waals surface area contributed by atoms with Gasteiger partial charge in [0.2, 0.25) is 5.91 Å². The maximum atomic E-state index is 12.6. The summed E-state index contributed by atoms with van der Waals surface area (Å²) < 4.78 is 8.15. The van der Waals surface area contributed by atoms with Crippen molar-refractivity contribution in [3.05, 3.63) is 35.5 Å². The van der Waals surface area contributed by atoms with Gasteiger partial charge in [0.25, 0.3) is 0 Å². The molecular weight excluding hydrogens is 350 g/mol. The van der Waals surface area contributed by atoms with E-state index in [-0.39, 0.29) is 5.91 Å². The SMILES string of the molecule is COc1cccc(CN2CCN(c3nc4c(s3)c(C)nn4C)CC2=O)c1. The first kappa shape index (κ1) is 16.8. The lowest BCUT2D eigenvalue weighted by Gasteiger charge is -2.34. The van der Waals surface area contributed by atoms with Gasteiger partial charge < -0.3 is 14.5 Å². The maximum Gasteiger partial charge on any atom is 0.242 e. The van der Waals surface area contributed by atoms with Gasteiger partial charge in [-0.15, -0.1) is 0 Å². The van der Waals surface area contributed by atoms with E-state index in [4.69, 9.17) is 4.74 Å². The van der Waals surface area contributed by atoms with Gasteiger partial charge in [-0.2, -0.15) is 5.10 Å². The van der Waals surface area contributed by atoms with Crippen molar-refractivity contribution in [2.45, 2.75) is 13.5 Å². The number of thiazole rings is 1. The highest BCUT2D eigenvalue weighted by Gasteiger charge is 2.27. The summed E-state index contributed by atoms with van der Waals surface area (Å²) in [7, 11) is 3.55. The summed E-state index contributed by atoms with van der Waals surface area (Å²) in [6, 6.07) is 7.86. The number of nitrogens with zero attached hydrogens (tertiary/aromatic N) is 5. The number of aromatic nitrogens is 3. The van der Waals surface area contributed by atoms with Crippen molar-refractivity contribution in [1.29, 1.82) is 0 Å². The van der Waals surface area contributed by atoms with Crippen LogP contribution >= 0.6 is 11.3 Å². The Bertz CT molecular complexity index is 929. The summed E-state index contributed by atoms with van der Waals surface area (Å²) in [5.41, 5.74) is 2.94. The molecule has 0 radical (unpaired) electrons. The molecule has 0 saturated carbocycles. The Morgan fingerprint density at radius 1 is 1.31 bits per heavy atom. The second-order valence-electron chi connectivity index (χ2n) is 6.45. The minimum absolute atomic E-state index is 0.119. The van der Waals surface area contributed by atoms with Crippen LogP contribution in [-0.4, -0.2) is 52.3 Å². The molecule has 7 nitrogen and oxygen atoms in total. The number of hydrogen-bond acceptors (Lipinski definition) is 6. The quantitative estimate of drug-likeness (QED) is 0.704. The number of carbonyl (C=O) groups excluding carboxylic acids is 1. The van der Waals surface area contributed by atoms with Crippen LogP contribution in [0.1, 0.15) is 11.3 Å². The Hall–Kier alpha value is -2.61. The largest absolute Gasteiger partial charge is 0.497 e. The van der Waals surface area contributed by atoms with Crippen LogP contribution in [0.3, 0.4) is 0 Å². The molecule has 0 spiro atoms. The number of hydrogen-bond donors (Lipinski definition) is 0. The van der Waals surface area contributed by atoms with E-state index in [1.165, 1.54) is 0 Å². The predicted octanol–water partition coefficient (Wildman–Crippen LogP) is 2.20. The van der Waals surface area contributed by atoms with Crippen LogP contribution in [0.15, 0.2) is 24.3 Å². The Morgan fingerprint density at radius 2 is 2.15 bits per heavy atom. The van der Waals surface area contributed by atoms with E-state index in [0.29, 0.717) is 19.6 Å². The summed E-state index contributed by atoms with van der Waals surface area (Å²) in [5, 5.41) is 5.28. The van der Waals surface area contributed by atoms with Crippen molar-refractivity contribution < 1.29 is 9.53 Å². The molecule has 0 atom stereocenters. The number of piperazine rings is 1. The second-order valence-corrected chi connectivity index (χ2v) is 7.42. The van der Waals surface area contributed by atoms with Crippen LogP contribution in [0.5, 0.6) is 5.75 Å². The van der Waals surface area contributed by atoms with E-state index in [1.807, 2.05) is 43.1 Å². The number of carbonyl (C=O) groups is 1. The highest BCUT2D eigenvalue weighted by Crippen LogP contribution is 2.31. The molecule has 136 valence electrons. The summed E-state index contributed by atoms with van der Waals surface area (Å²) >= 11 is 1.61. The third-order valence-electron chi connectivity index (χ3n) is 4.63. The van der Waals surface area contributed by atoms with E-state index >= 15 is 0 Å². The van der Waals surface area contributed by atoms with E-state index in [2.05, 4.69) is 15.0 Å². The molecule has 1 aliphatic rings. The number of anilines is 1. The molecule has 0 N–H and O–H groups in total. The molecule has 0 bridgehead atoms. The fraction of sp³-hybridized carbons (Fsp3) is 0.389. The molecule has 1 aromatic carbocycles. The maximum absolute atomic E-state index is 12.6. The zero-order valence-corrected chi connectivity index (χ0v) is 15.9. The molecular formula is C18H21N5O2S. The molecule has 0 aliphatic carbocycles. The summed E-state index contributed by atoms with van der Waals surface area (Å²) in [4.78, 5) is 21.3. The van der Waals surface area contributed by atoms with Gasteiger partial charge in [-0.25, -0.2) is 9.67 Å². The number of aryl methyl sites for hydroxylation is 2. The van der Waals surface area contributed by atoms with Crippen LogP contribution in [0.25, 0.3) is 10.3 Å². The summed E-state index contributed by atoms with van der Waals surface area (Å²) in [6.07, 6.45) is 0. The molecule has 1 amide bonds. The second kappa shape index (κ2) is 6.60. The number of benzene rings is 1. The minimum Gasteiger partial charge on any atom is -0.497 e. The van der Waals surface area contributed by atoms with Gasteiger partial charge in [0, 0.05) is 26.7 Å². The van der Waals surface area contributed by atoms with Gasteiger partial charge in [0.1, 0.15) is 5.75 Å². The molecule has 1 aliphatic heterocycles. The number of methoxy groups -OCH3 is 1. The Labute approximate surface area is 155 Å². The first-order chi connectivity index (χ1) is 12.5. The molecule has 2 aromatic heterocycles. The third kappa shape index (κ3) is 3.01. The Balaban J connectivity index is 1.47. The van der Waals surface area contributed by atoms with Gasteiger partial charge in [-0.05, 0) is 24.6 Å². The van der Waals surface area contributed by atoms with Crippen LogP contribution in [0, 0.1) is 6.92 Å². The van der Waals surface area contributed by atoms with Gasteiger partial charge in [-0.3, -0.25) is 4.79 Å². The topological polar surface area (TPSA) is 63.5 Å². The normalized spacial score (nSPS) is 15.1. The highest BCUT2D eigenvalue weighted by atomic mass is 32.1. The van der Waals surface area contributed by atoms with Gasteiger partial charge in [0.05, 0.1) is 24.0 Å². The van der Waals surface area contributed by atoms with Gasteiger partial charge >= 0.3 is 0 Å². The van der Waals surface area contributed by atoms with Crippen LogP contribution in [0.4, 0.5) is 5.13 Å². The lowest BCUT2D eigenvalue weighted by molar-refractivity contribution is -0.131. The predicted molar refractivity (Wildman–Crippen MR) is 102 cm³/mol. The van der Waals surface area contributed by atoms with E-state index < -0.39 is 0 Å². The van der Waals surface area contributed by atoms with Gasteiger partial charge in [0.15, 0.2) is 10.8 Å². The molecule has 4 rings (SSSR count). The molecule has 8 heteroatoms. The van der Waals surface area contributed by atoms with E-state index in [9.17, 15) is 4.79 Å². The molecule has 1 saturated heterocycles. The summed E-state index contributed by atoms with van der Waals surface area (Å²) in [5.74, 6) is 0.931. The fourth-order valence-electron chi connectivity index (χ4n) is 3.24. The summed E-state index contributed by atoms with van der Waals surface area (Å²) in [6.45, 7) is 4.41. The Morgan fingerprint density at radius 3 is 2.88 bits per heavy atom. The van der Waals surface area contributed by atoms with Crippen molar-refractivity contribution in [1.82, 2.24) is 19.7 Å². The minimum atomic E-state index is 0.119. The van der Waals surface area contributed by atoms with Crippen molar-refractivity contribution >= 4 is 32.7 Å². The van der Waals surface area contributed by atoms with E-state index in [1.54, 1.807) is 23.1 Å². The highest BCUT2D eigenvalue weighted by molar-refractivity contribution is 7.22. The first-order valence-corrected chi connectivity index (χ1v) is 9.32. The standard InChI is InChI=1S/C18H21N5O2S/c1-12-16-17(21(2)20-12)19-18(26-16)23-8-7-22(15(24)11-23)10-13-5-4-6-14(9-13)25-3/h4-6,9H,7-8,10-11H2,1-3H3. The van der Waals surface area contributed by atoms with Crippen LogP contribution < -0.4 is 9.64 Å². The molecule has 26 heavy (non-hydrogen) atoms. The zero-order valence-electron chi connectivity index (χ0n) is 15.1. The lowest BCUT2D eigenvalue weighted by atomic mass is 10.2. The number of amides is 1. The van der Waals surface area contributed by atoms with Crippen molar-refractivity contribution in [2.75, 3.05) is 31.6 Å². The lowest BCUT2D eigenvalue weighted by Crippen LogP contribution is -2.50. The number of fused-ring (bicyclic) bond motifs is 1. The third-order valence-corrected chi connectivity index (χ3v) is 5.84. The first-order valence-electron chi connectivity index (χ1n) is 8.51.